The molecule has 4 saturated carbocycles. The fourth-order valence-corrected chi connectivity index (χ4v) is 18.7. The number of esters is 1. The van der Waals surface area contributed by atoms with Gasteiger partial charge in [-0.05, 0) is 109 Å². The van der Waals surface area contributed by atoms with Crippen molar-refractivity contribution in [3.63, 3.8) is 0 Å². The van der Waals surface area contributed by atoms with Gasteiger partial charge in [0.05, 0.1) is 51.2 Å². The Kier molecular flexibility index (Phi) is 21.9. The Bertz CT molecular complexity index is 2650. The first-order chi connectivity index (χ1) is 44.6. The topological polar surface area (TPSA) is 492 Å². The fourth-order valence-electron chi connectivity index (χ4n) is 18.7. The van der Waals surface area contributed by atoms with Crippen LogP contribution in [0.5, 0.6) is 0 Å². The first kappa shape index (κ1) is 74.2. The van der Waals surface area contributed by atoms with Crippen LogP contribution in [-0.4, -0.2) is 316 Å². The van der Waals surface area contributed by atoms with Gasteiger partial charge in [0, 0.05) is 0 Å². The second kappa shape index (κ2) is 28.0. The fraction of sp³-hybridized carbons (Fsp3) is 0.953. The van der Waals surface area contributed by atoms with Gasteiger partial charge in [0.2, 0.25) is 6.29 Å². The maximum atomic E-state index is 15.8. The molecule has 0 aromatic carbocycles. The van der Waals surface area contributed by atoms with Crippen LogP contribution < -0.4 is 0 Å². The predicted octanol–water partition coefficient (Wildman–Crippen LogP) is -5.11. The van der Waals surface area contributed by atoms with E-state index < -0.39 is 239 Å². The number of rotatable bonds is 16. The molecule has 5 aliphatic carbocycles. The molecule has 95 heavy (non-hydrogen) atoms. The molecule has 0 spiro atoms. The van der Waals surface area contributed by atoms with Crippen molar-refractivity contribution in [2.24, 2.45) is 50.2 Å². The zero-order chi connectivity index (χ0) is 69.1. The van der Waals surface area contributed by atoms with Crippen LogP contribution in [0.15, 0.2) is 11.6 Å². The highest BCUT2D eigenvalue weighted by atomic mass is 16.8. The molecule has 36 atom stereocenters. The summed E-state index contributed by atoms with van der Waals surface area (Å²) >= 11 is 0. The lowest BCUT2D eigenvalue weighted by Crippen LogP contribution is -2.67. The van der Waals surface area contributed by atoms with Gasteiger partial charge < -0.3 is 149 Å². The van der Waals surface area contributed by atoms with Crippen LogP contribution in [0.2, 0.25) is 0 Å². The third kappa shape index (κ3) is 13.1. The zero-order valence-corrected chi connectivity index (χ0v) is 54.7. The van der Waals surface area contributed by atoms with E-state index in [9.17, 15) is 91.9 Å². The van der Waals surface area contributed by atoms with Crippen molar-refractivity contribution in [3.05, 3.63) is 11.6 Å². The molecule has 10 fully saturated rings. The molecule has 546 valence electrons. The van der Waals surface area contributed by atoms with Crippen molar-refractivity contribution in [2.45, 2.75) is 291 Å². The highest BCUT2D eigenvalue weighted by Crippen LogP contribution is 2.76. The molecule has 6 saturated heterocycles. The van der Waals surface area contributed by atoms with E-state index in [1.807, 2.05) is 0 Å². The highest BCUT2D eigenvalue weighted by Gasteiger charge is 2.71. The molecule has 0 aromatic rings. The number of aliphatic hydroxyl groups excluding tert-OH is 18. The van der Waals surface area contributed by atoms with Gasteiger partial charge in [-0.1, -0.05) is 60.1 Å². The lowest BCUT2D eigenvalue weighted by Gasteiger charge is -2.71. The van der Waals surface area contributed by atoms with Gasteiger partial charge in [-0.3, -0.25) is 4.79 Å². The smallest absolute Gasteiger partial charge is 0.315 e. The second-order valence-corrected chi connectivity index (χ2v) is 31.1. The molecule has 0 amide bonds. The molecule has 31 heteroatoms. The maximum Gasteiger partial charge on any atom is 0.315 e. The number of fused-ring (bicyclic) bond motifs is 7. The Labute approximate surface area is 550 Å². The summed E-state index contributed by atoms with van der Waals surface area (Å²) in [6.45, 7) is 12.0. The molecule has 6 heterocycles. The SMILES string of the molecule is CC1(C)CC[C@]2(C(=O)O[C@@H]3O[C@H](CO[C@@H]4O[C@H](CO)[C@@H](O)[C@H](O)[C@H]4O)[C@@H](O)[C@H](O)[C@H]3O[C@@H]3O[C@H](CO)[C@@H](O)[C@H](O)[C@H]3O)CC[C@]3(C)C(=CC[C@@H]4[C@@]5(C)CCC(O[C@@H]6O[C@H](CO[C@@H]7OC[C@H](O)[C@H](O)[C@H]7O)[C@@H](O)[C@H](O)[C@H]6O[C@@H]6OC[C@@H](O)[C@H](O)[C@H]6O)C(C)(C)[C@@H]5CC[C@]43C)[C@@H]2C1. The number of ether oxygens (including phenoxy) is 12. The van der Waals surface area contributed by atoms with Gasteiger partial charge in [0.1, 0.15) is 128 Å². The minimum absolute atomic E-state index is 0.00930. The van der Waals surface area contributed by atoms with Gasteiger partial charge >= 0.3 is 5.97 Å². The Balaban J connectivity index is 0.845. The molecule has 11 rings (SSSR count). The van der Waals surface area contributed by atoms with E-state index in [4.69, 9.17) is 56.8 Å². The third-order valence-electron chi connectivity index (χ3n) is 24.8. The molecule has 1 unspecified atom stereocenters. The highest BCUT2D eigenvalue weighted by molar-refractivity contribution is 5.79. The summed E-state index contributed by atoms with van der Waals surface area (Å²) in [6.07, 6.45) is -39.9. The van der Waals surface area contributed by atoms with Crippen molar-refractivity contribution >= 4 is 5.97 Å². The summed E-state index contributed by atoms with van der Waals surface area (Å²) in [5.41, 5.74) is -2.12. The Morgan fingerprint density at radius 2 is 0.958 bits per heavy atom. The minimum Gasteiger partial charge on any atom is -0.432 e. The monoisotopic (exact) mass is 1370 g/mol. The zero-order valence-electron chi connectivity index (χ0n) is 54.7. The predicted molar refractivity (Wildman–Crippen MR) is 316 cm³/mol. The van der Waals surface area contributed by atoms with Crippen LogP contribution in [-0.2, 0) is 61.6 Å². The maximum absolute atomic E-state index is 15.8. The Morgan fingerprint density at radius 3 is 1.56 bits per heavy atom. The van der Waals surface area contributed by atoms with E-state index in [1.54, 1.807) is 0 Å². The van der Waals surface area contributed by atoms with E-state index in [0.29, 0.717) is 51.4 Å². The van der Waals surface area contributed by atoms with Crippen molar-refractivity contribution in [2.75, 3.05) is 39.6 Å². The molecule has 18 N–H and O–H groups in total. The number of hydrogen-bond donors (Lipinski definition) is 18. The third-order valence-corrected chi connectivity index (χ3v) is 24.8. The first-order valence-electron chi connectivity index (χ1n) is 33.7. The Hall–Kier alpha value is -1.95. The lowest BCUT2D eigenvalue weighted by molar-refractivity contribution is -0.374. The molecular weight excluding hydrogens is 1260 g/mol. The van der Waals surface area contributed by atoms with Gasteiger partial charge in [-0.25, -0.2) is 0 Å². The van der Waals surface area contributed by atoms with Gasteiger partial charge in [-0.2, -0.15) is 0 Å². The summed E-state index contributed by atoms with van der Waals surface area (Å²) in [5.74, 6) is -0.998. The number of allylic oxidation sites excluding steroid dienone is 2. The number of carbonyl (C=O) groups is 1. The van der Waals surface area contributed by atoms with Crippen LogP contribution >= 0.6 is 0 Å². The standard InChI is InChI=1S/C64H104O31/c1-59(2)14-16-64(58(83)95-57-51(94-55-49(82)43(76)39(72)30(20-66)89-55)45(78)41(74)32(91-57)24-87-53-48(81)42(75)38(71)29(19-65)88-53)17-15-62(6)25(26(64)18-59)8-9-34-61(5)12-11-35(60(3,4)33(61)10-13-63(34,62)7)92-56-50(93-54-47(80)37(70)28(68)22-85-54)44(77)40(73)31(90-56)23-86-52-46(79)36(69)27(67)21-84-52/h8,26-57,65-82H,9-24H2,1-7H3/t26-,27-,28+,29+,30+,31+,32+,33-,34+,35?,36-,37-,38+,39+,40+,41+,42-,43-,44-,45-,46+,47+,48+,49+,50+,51+,52-,53+,54-,55-,56-,57-,61-,62+,63+,64-/m0/s1. The average Bonchev–Trinajstić information content (AvgIpc) is 0.676. The van der Waals surface area contributed by atoms with E-state index in [2.05, 4.69) is 54.5 Å². The van der Waals surface area contributed by atoms with Crippen LogP contribution in [0.4, 0.5) is 0 Å². The van der Waals surface area contributed by atoms with Crippen molar-refractivity contribution < 1.29 is 154 Å². The Morgan fingerprint density at radius 1 is 0.474 bits per heavy atom. The lowest BCUT2D eigenvalue weighted by atomic mass is 9.33. The summed E-state index contributed by atoms with van der Waals surface area (Å²) in [5, 5.41) is 194. The molecule has 6 aliphatic heterocycles. The van der Waals surface area contributed by atoms with Crippen LogP contribution in [0.1, 0.15) is 113 Å². The van der Waals surface area contributed by atoms with Crippen molar-refractivity contribution in [1.82, 2.24) is 0 Å². The molecule has 31 nitrogen and oxygen atoms in total. The normalized spacial score (nSPS) is 53.8. The van der Waals surface area contributed by atoms with Crippen molar-refractivity contribution in [3.8, 4) is 0 Å². The van der Waals surface area contributed by atoms with Crippen LogP contribution in [0.25, 0.3) is 0 Å². The largest absolute Gasteiger partial charge is 0.432 e. The summed E-state index contributed by atoms with van der Waals surface area (Å²) in [4.78, 5) is 15.8. The van der Waals surface area contributed by atoms with E-state index >= 15 is 4.79 Å². The molecule has 0 bridgehead atoms. The number of hydrogen-bond acceptors (Lipinski definition) is 31. The van der Waals surface area contributed by atoms with Gasteiger partial charge in [0.15, 0.2) is 37.6 Å². The van der Waals surface area contributed by atoms with Crippen molar-refractivity contribution in [1.29, 1.82) is 0 Å². The molecule has 0 radical (unpaired) electrons. The molecule has 0 aromatic heterocycles. The van der Waals surface area contributed by atoms with E-state index in [-0.39, 0.29) is 34.7 Å². The number of carbonyl (C=O) groups excluding carboxylic acids is 1. The molecular formula is C64H104O31. The quantitative estimate of drug-likeness (QED) is 0.0390. The van der Waals surface area contributed by atoms with Gasteiger partial charge in [-0.15, -0.1) is 0 Å². The average molecular weight is 1370 g/mol. The number of aliphatic hydroxyl groups is 18. The second-order valence-electron chi connectivity index (χ2n) is 31.1. The first-order valence-corrected chi connectivity index (χ1v) is 33.7. The summed E-state index contributed by atoms with van der Waals surface area (Å²) < 4.78 is 72.0. The van der Waals surface area contributed by atoms with E-state index in [0.717, 1.165) is 18.4 Å². The summed E-state index contributed by atoms with van der Waals surface area (Å²) in [7, 11) is 0. The minimum atomic E-state index is -2.03. The van der Waals surface area contributed by atoms with Crippen LogP contribution in [0.3, 0.4) is 0 Å². The molecule has 11 aliphatic rings. The van der Waals surface area contributed by atoms with Gasteiger partial charge in [0.25, 0.3) is 0 Å². The van der Waals surface area contributed by atoms with Crippen LogP contribution in [0, 0.1) is 50.2 Å². The van der Waals surface area contributed by atoms with E-state index in [1.165, 1.54) is 0 Å². The summed E-state index contributed by atoms with van der Waals surface area (Å²) in [6, 6.07) is 0.